The summed E-state index contributed by atoms with van der Waals surface area (Å²) in [6, 6.07) is 16.0. The summed E-state index contributed by atoms with van der Waals surface area (Å²) < 4.78 is 5.74. The van der Waals surface area contributed by atoms with Crippen LogP contribution in [0.4, 0.5) is 5.13 Å². The Morgan fingerprint density at radius 3 is 2.72 bits per heavy atom. The number of para-hydroxylation sites is 1. The Morgan fingerprint density at radius 1 is 1.16 bits per heavy atom. The van der Waals surface area contributed by atoms with Crippen molar-refractivity contribution in [3.05, 3.63) is 64.5 Å². The molecule has 25 heavy (non-hydrogen) atoms. The first-order valence-corrected chi connectivity index (χ1v) is 9.14. The fourth-order valence-corrected chi connectivity index (χ4v) is 3.79. The van der Waals surface area contributed by atoms with Gasteiger partial charge in [0.2, 0.25) is 5.91 Å². The molecule has 0 aliphatic carbocycles. The molecule has 1 amide bonds. The summed E-state index contributed by atoms with van der Waals surface area (Å²) in [5.74, 6) is 0.790. The Hall–Kier alpha value is -2.66. The predicted molar refractivity (Wildman–Crippen MR) is 100 cm³/mol. The van der Waals surface area contributed by atoms with Crippen molar-refractivity contribution in [2.75, 3.05) is 5.32 Å². The van der Waals surface area contributed by atoms with E-state index in [1.54, 1.807) is 0 Å². The minimum atomic E-state index is -0.0513. The molecule has 0 fully saturated rings. The van der Waals surface area contributed by atoms with Gasteiger partial charge in [-0.15, -0.1) is 0 Å². The van der Waals surface area contributed by atoms with Crippen molar-refractivity contribution < 1.29 is 9.53 Å². The SMILES string of the molecule is CCc1ccc(CC(=O)Nc2nc3c(s2)COc2ccccc2-3)cc1. The van der Waals surface area contributed by atoms with Crippen molar-refractivity contribution in [1.82, 2.24) is 4.98 Å². The number of thiazole rings is 1. The van der Waals surface area contributed by atoms with Gasteiger partial charge in [-0.1, -0.05) is 54.7 Å². The molecule has 1 aliphatic rings. The fraction of sp³-hybridized carbons (Fsp3) is 0.200. The molecule has 0 unspecified atom stereocenters. The smallest absolute Gasteiger partial charge is 0.230 e. The molecule has 4 nitrogen and oxygen atoms in total. The highest BCUT2D eigenvalue weighted by Gasteiger charge is 2.22. The molecule has 0 saturated heterocycles. The lowest BCUT2D eigenvalue weighted by Gasteiger charge is -2.15. The first-order valence-electron chi connectivity index (χ1n) is 8.32. The molecule has 2 heterocycles. The zero-order valence-corrected chi connectivity index (χ0v) is 14.7. The van der Waals surface area contributed by atoms with E-state index in [0.29, 0.717) is 18.2 Å². The Balaban J connectivity index is 1.48. The maximum absolute atomic E-state index is 12.3. The van der Waals surface area contributed by atoms with Crippen LogP contribution in [0.5, 0.6) is 5.75 Å². The van der Waals surface area contributed by atoms with Crippen LogP contribution in [-0.2, 0) is 24.2 Å². The van der Waals surface area contributed by atoms with Crippen LogP contribution in [0.25, 0.3) is 11.3 Å². The molecule has 126 valence electrons. The van der Waals surface area contributed by atoms with Gasteiger partial charge in [0, 0.05) is 5.56 Å². The fourth-order valence-electron chi connectivity index (χ4n) is 2.89. The Morgan fingerprint density at radius 2 is 1.92 bits per heavy atom. The lowest BCUT2D eigenvalue weighted by molar-refractivity contribution is -0.115. The number of benzene rings is 2. The summed E-state index contributed by atoms with van der Waals surface area (Å²) in [5.41, 5.74) is 4.17. The molecule has 0 spiro atoms. The molecule has 0 atom stereocenters. The molecule has 1 N–H and O–H groups in total. The third-order valence-corrected chi connectivity index (χ3v) is 5.18. The van der Waals surface area contributed by atoms with Gasteiger partial charge in [-0.25, -0.2) is 4.98 Å². The number of carbonyl (C=O) groups excluding carboxylic acids is 1. The minimum Gasteiger partial charge on any atom is -0.487 e. The van der Waals surface area contributed by atoms with Crippen molar-refractivity contribution in [2.45, 2.75) is 26.4 Å². The first kappa shape index (κ1) is 15.8. The van der Waals surface area contributed by atoms with E-state index >= 15 is 0 Å². The number of hydrogen-bond donors (Lipinski definition) is 1. The first-order chi connectivity index (χ1) is 12.2. The molecule has 2 aromatic carbocycles. The monoisotopic (exact) mass is 350 g/mol. The van der Waals surface area contributed by atoms with E-state index in [9.17, 15) is 4.79 Å². The molecule has 0 saturated carbocycles. The zero-order valence-electron chi connectivity index (χ0n) is 13.9. The second kappa shape index (κ2) is 6.69. The lowest BCUT2D eigenvalue weighted by atomic mass is 10.1. The van der Waals surface area contributed by atoms with Gasteiger partial charge in [-0.3, -0.25) is 4.79 Å². The largest absolute Gasteiger partial charge is 0.487 e. The van der Waals surface area contributed by atoms with Crippen molar-refractivity contribution in [3.63, 3.8) is 0 Å². The number of ether oxygens (including phenoxy) is 1. The van der Waals surface area contributed by atoms with Crippen LogP contribution >= 0.6 is 11.3 Å². The highest BCUT2D eigenvalue weighted by molar-refractivity contribution is 7.16. The number of hydrogen-bond acceptors (Lipinski definition) is 4. The van der Waals surface area contributed by atoms with Crippen LogP contribution in [0.3, 0.4) is 0 Å². The quantitative estimate of drug-likeness (QED) is 0.756. The topological polar surface area (TPSA) is 51.2 Å². The second-order valence-electron chi connectivity index (χ2n) is 5.97. The average Bonchev–Trinajstić information content (AvgIpc) is 3.05. The normalized spacial score (nSPS) is 12.0. The van der Waals surface area contributed by atoms with E-state index < -0.39 is 0 Å². The molecule has 1 aliphatic heterocycles. The van der Waals surface area contributed by atoms with Crippen LogP contribution in [-0.4, -0.2) is 10.9 Å². The second-order valence-corrected chi connectivity index (χ2v) is 7.05. The number of amides is 1. The van der Waals surface area contributed by atoms with Crippen LogP contribution in [0, 0.1) is 0 Å². The Kier molecular flexibility index (Phi) is 4.24. The Labute approximate surface area is 150 Å². The van der Waals surface area contributed by atoms with E-state index in [1.807, 2.05) is 36.4 Å². The van der Waals surface area contributed by atoms with E-state index in [0.717, 1.165) is 33.9 Å². The molecule has 1 aromatic heterocycles. The van der Waals surface area contributed by atoms with Crippen molar-refractivity contribution >= 4 is 22.4 Å². The number of carbonyl (C=O) groups is 1. The number of fused-ring (bicyclic) bond motifs is 3. The third kappa shape index (κ3) is 3.28. The van der Waals surface area contributed by atoms with Crippen molar-refractivity contribution in [1.29, 1.82) is 0 Å². The number of nitrogens with one attached hydrogen (secondary N) is 1. The van der Waals surface area contributed by atoms with Gasteiger partial charge in [0.15, 0.2) is 5.13 Å². The van der Waals surface area contributed by atoms with Gasteiger partial charge < -0.3 is 10.1 Å². The summed E-state index contributed by atoms with van der Waals surface area (Å²) in [5, 5.41) is 3.55. The molecule has 0 bridgehead atoms. The average molecular weight is 350 g/mol. The summed E-state index contributed by atoms with van der Waals surface area (Å²) in [6.07, 6.45) is 1.35. The van der Waals surface area contributed by atoms with E-state index in [1.165, 1.54) is 16.9 Å². The third-order valence-electron chi connectivity index (χ3n) is 4.24. The number of rotatable bonds is 4. The number of aromatic nitrogens is 1. The van der Waals surface area contributed by atoms with Gasteiger partial charge in [0.1, 0.15) is 12.4 Å². The molecule has 0 radical (unpaired) electrons. The maximum atomic E-state index is 12.3. The van der Waals surface area contributed by atoms with Gasteiger partial charge >= 0.3 is 0 Å². The van der Waals surface area contributed by atoms with E-state index in [2.05, 4.69) is 29.4 Å². The zero-order chi connectivity index (χ0) is 17.2. The highest BCUT2D eigenvalue weighted by Crippen LogP contribution is 2.40. The van der Waals surface area contributed by atoms with Gasteiger partial charge in [-0.2, -0.15) is 0 Å². The van der Waals surface area contributed by atoms with Gasteiger partial charge in [-0.05, 0) is 29.7 Å². The molecule has 4 rings (SSSR count). The van der Waals surface area contributed by atoms with Crippen LogP contribution in [0.1, 0.15) is 22.9 Å². The summed E-state index contributed by atoms with van der Waals surface area (Å²) >= 11 is 1.48. The number of aryl methyl sites for hydroxylation is 1. The molecule has 3 aromatic rings. The van der Waals surface area contributed by atoms with Crippen LogP contribution < -0.4 is 10.1 Å². The van der Waals surface area contributed by atoms with Gasteiger partial charge in [0.05, 0.1) is 17.0 Å². The van der Waals surface area contributed by atoms with Gasteiger partial charge in [0.25, 0.3) is 0 Å². The number of nitrogens with zero attached hydrogens (tertiary/aromatic N) is 1. The summed E-state index contributed by atoms with van der Waals surface area (Å²) in [6.45, 7) is 2.62. The predicted octanol–water partition coefficient (Wildman–Crippen LogP) is 4.45. The minimum absolute atomic E-state index is 0.0513. The summed E-state index contributed by atoms with van der Waals surface area (Å²) in [7, 11) is 0. The standard InChI is InChI=1S/C20H18N2O2S/c1-2-13-7-9-14(10-8-13)11-18(23)21-20-22-19-15-5-3-4-6-16(15)24-12-17(19)25-20/h3-10H,2,11-12H2,1H3,(H,21,22,23). The number of anilines is 1. The van der Waals surface area contributed by atoms with E-state index in [-0.39, 0.29) is 5.91 Å². The van der Waals surface area contributed by atoms with Crippen LogP contribution in [0.15, 0.2) is 48.5 Å². The highest BCUT2D eigenvalue weighted by atomic mass is 32.1. The Bertz CT molecular complexity index is 916. The van der Waals surface area contributed by atoms with Crippen LogP contribution in [0.2, 0.25) is 0 Å². The van der Waals surface area contributed by atoms with E-state index in [4.69, 9.17) is 4.74 Å². The molecular formula is C20H18N2O2S. The maximum Gasteiger partial charge on any atom is 0.230 e. The molecular weight excluding hydrogens is 332 g/mol. The van der Waals surface area contributed by atoms with Crippen molar-refractivity contribution in [2.24, 2.45) is 0 Å². The lowest BCUT2D eigenvalue weighted by Crippen LogP contribution is -2.14. The summed E-state index contributed by atoms with van der Waals surface area (Å²) in [4.78, 5) is 18.0. The molecule has 5 heteroatoms. The van der Waals surface area contributed by atoms with Crippen molar-refractivity contribution in [3.8, 4) is 17.0 Å².